The maximum Gasteiger partial charge on any atom is 0.269 e. The molecule has 116 valence electrons. The van der Waals surface area contributed by atoms with Crippen LogP contribution in [0.1, 0.15) is 30.3 Å². The fraction of sp³-hybridized carbons (Fsp3) is 0.571. The number of rotatable bonds is 6. The third-order valence-corrected chi connectivity index (χ3v) is 5.29. The summed E-state index contributed by atoms with van der Waals surface area (Å²) in [6.07, 6.45) is 3.27. The molecule has 1 aromatic rings. The van der Waals surface area contributed by atoms with Crippen molar-refractivity contribution in [2.75, 3.05) is 29.9 Å². The zero-order valence-corrected chi connectivity index (χ0v) is 12.9. The second kappa shape index (κ2) is 6.89. The minimum Gasteiger partial charge on any atom is -0.384 e. The van der Waals surface area contributed by atoms with Gasteiger partial charge in [-0.2, -0.15) is 0 Å². The number of sulfone groups is 1. The normalized spacial score (nSPS) is 20.1. The largest absolute Gasteiger partial charge is 0.384 e. The second-order valence-corrected chi connectivity index (χ2v) is 7.57. The maximum atomic E-state index is 11.9. The number of carbonyl (C=O) groups excluding carboxylic acids is 1. The fourth-order valence-electron chi connectivity index (χ4n) is 2.26. The molecule has 0 saturated carbocycles. The number of amides is 1. The van der Waals surface area contributed by atoms with E-state index in [0.717, 1.165) is 18.7 Å². The van der Waals surface area contributed by atoms with Gasteiger partial charge < -0.3 is 10.6 Å². The van der Waals surface area contributed by atoms with Gasteiger partial charge in [-0.1, -0.05) is 6.92 Å². The highest BCUT2D eigenvalue weighted by Gasteiger charge is 2.28. The molecule has 1 saturated heterocycles. The Kier molecular flexibility index (Phi) is 5.17. The molecule has 1 fully saturated rings. The number of anilines is 1. The topological polar surface area (TPSA) is 88.2 Å². The van der Waals surface area contributed by atoms with Crippen molar-refractivity contribution in [3.8, 4) is 0 Å². The summed E-state index contributed by atoms with van der Waals surface area (Å²) < 4.78 is 22.7. The van der Waals surface area contributed by atoms with Crippen molar-refractivity contribution >= 4 is 21.4 Å². The van der Waals surface area contributed by atoms with Crippen LogP contribution in [0, 0.1) is 5.92 Å². The SMILES string of the molecule is CCCNc1ccc(C(=O)NCC2CCS(=O)(=O)C2)nc1. The van der Waals surface area contributed by atoms with Gasteiger partial charge in [0.15, 0.2) is 9.84 Å². The molecule has 0 bridgehead atoms. The molecule has 6 nitrogen and oxygen atoms in total. The van der Waals surface area contributed by atoms with Crippen LogP contribution in [-0.2, 0) is 9.84 Å². The van der Waals surface area contributed by atoms with E-state index in [1.165, 1.54) is 0 Å². The molecule has 2 heterocycles. The van der Waals surface area contributed by atoms with Crippen molar-refractivity contribution in [2.45, 2.75) is 19.8 Å². The average molecular weight is 311 g/mol. The fourth-order valence-corrected chi connectivity index (χ4v) is 4.12. The molecule has 21 heavy (non-hydrogen) atoms. The number of nitrogens with zero attached hydrogens (tertiary/aromatic N) is 1. The van der Waals surface area contributed by atoms with Gasteiger partial charge in [0.25, 0.3) is 5.91 Å². The molecule has 0 spiro atoms. The summed E-state index contributed by atoms with van der Waals surface area (Å²) >= 11 is 0. The highest BCUT2D eigenvalue weighted by Crippen LogP contribution is 2.17. The Bertz CT molecular complexity index is 584. The first kappa shape index (κ1) is 15.8. The van der Waals surface area contributed by atoms with E-state index in [2.05, 4.69) is 22.5 Å². The summed E-state index contributed by atoms with van der Waals surface area (Å²) in [7, 11) is -2.90. The van der Waals surface area contributed by atoms with E-state index < -0.39 is 9.84 Å². The van der Waals surface area contributed by atoms with Crippen LogP contribution in [0.3, 0.4) is 0 Å². The Balaban J connectivity index is 1.83. The van der Waals surface area contributed by atoms with Crippen molar-refractivity contribution < 1.29 is 13.2 Å². The van der Waals surface area contributed by atoms with Crippen molar-refractivity contribution in [2.24, 2.45) is 5.92 Å². The van der Waals surface area contributed by atoms with E-state index in [9.17, 15) is 13.2 Å². The summed E-state index contributed by atoms with van der Waals surface area (Å²) in [5.74, 6) is 0.148. The summed E-state index contributed by atoms with van der Waals surface area (Å²) in [6.45, 7) is 3.32. The Hall–Kier alpha value is -1.63. The maximum absolute atomic E-state index is 11.9. The van der Waals surface area contributed by atoms with Gasteiger partial charge in [-0.15, -0.1) is 0 Å². The highest BCUT2D eigenvalue weighted by atomic mass is 32.2. The van der Waals surface area contributed by atoms with Crippen LogP contribution in [-0.4, -0.2) is 43.9 Å². The number of pyridine rings is 1. The van der Waals surface area contributed by atoms with Crippen LogP contribution in [0.4, 0.5) is 5.69 Å². The number of aromatic nitrogens is 1. The molecule has 2 N–H and O–H groups in total. The van der Waals surface area contributed by atoms with Gasteiger partial charge in [0.1, 0.15) is 5.69 Å². The molecule has 1 aromatic heterocycles. The van der Waals surface area contributed by atoms with Crippen LogP contribution >= 0.6 is 0 Å². The second-order valence-electron chi connectivity index (χ2n) is 5.34. The van der Waals surface area contributed by atoms with Gasteiger partial charge >= 0.3 is 0 Å². The van der Waals surface area contributed by atoms with Gasteiger partial charge in [-0.05, 0) is 30.9 Å². The van der Waals surface area contributed by atoms with Gasteiger partial charge in [0.2, 0.25) is 0 Å². The molecule has 1 aliphatic rings. The average Bonchev–Trinajstić information content (AvgIpc) is 2.82. The summed E-state index contributed by atoms with van der Waals surface area (Å²) in [6, 6.07) is 3.48. The minimum absolute atomic E-state index is 0.0180. The van der Waals surface area contributed by atoms with E-state index in [0.29, 0.717) is 18.7 Å². The highest BCUT2D eigenvalue weighted by molar-refractivity contribution is 7.91. The summed E-state index contributed by atoms with van der Waals surface area (Å²) in [5, 5.41) is 5.94. The Morgan fingerprint density at radius 2 is 2.24 bits per heavy atom. The summed E-state index contributed by atoms with van der Waals surface area (Å²) in [4.78, 5) is 16.1. The van der Waals surface area contributed by atoms with Crippen molar-refractivity contribution in [3.05, 3.63) is 24.0 Å². The van der Waals surface area contributed by atoms with E-state index in [1.54, 1.807) is 12.3 Å². The van der Waals surface area contributed by atoms with Crippen LogP contribution < -0.4 is 10.6 Å². The lowest BCUT2D eigenvalue weighted by Gasteiger charge is -2.10. The molecule has 1 atom stereocenters. The van der Waals surface area contributed by atoms with Gasteiger partial charge in [0.05, 0.1) is 23.4 Å². The minimum atomic E-state index is -2.90. The lowest BCUT2D eigenvalue weighted by molar-refractivity contribution is 0.0943. The predicted octanol–water partition coefficient (Wildman–Crippen LogP) is 1.07. The van der Waals surface area contributed by atoms with Gasteiger partial charge in [-0.3, -0.25) is 4.79 Å². The predicted molar refractivity (Wildman–Crippen MR) is 82.1 cm³/mol. The molecule has 1 amide bonds. The third-order valence-electron chi connectivity index (χ3n) is 3.45. The van der Waals surface area contributed by atoms with E-state index in [-0.39, 0.29) is 23.3 Å². The first-order valence-corrected chi connectivity index (χ1v) is 9.01. The lowest BCUT2D eigenvalue weighted by atomic mass is 10.1. The quantitative estimate of drug-likeness (QED) is 0.820. The smallest absolute Gasteiger partial charge is 0.269 e. The van der Waals surface area contributed by atoms with Crippen LogP contribution in [0.15, 0.2) is 18.3 Å². The Morgan fingerprint density at radius 3 is 2.81 bits per heavy atom. The molecular formula is C14H21N3O3S. The molecular weight excluding hydrogens is 290 g/mol. The van der Waals surface area contributed by atoms with Crippen LogP contribution in [0.2, 0.25) is 0 Å². The Morgan fingerprint density at radius 1 is 1.43 bits per heavy atom. The number of nitrogens with one attached hydrogen (secondary N) is 2. The molecule has 0 radical (unpaired) electrons. The van der Waals surface area contributed by atoms with Gasteiger partial charge in [-0.25, -0.2) is 13.4 Å². The molecule has 1 aliphatic heterocycles. The van der Waals surface area contributed by atoms with Crippen molar-refractivity contribution in [3.63, 3.8) is 0 Å². The van der Waals surface area contributed by atoms with Crippen molar-refractivity contribution in [1.29, 1.82) is 0 Å². The molecule has 2 rings (SSSR count). The molecule has 0 aromatic carbocycles. The van der Waals surface area contributed by atoms with Crippen LogP contribution in [0.5, 0.6) is 0 Å². The molecule has 0 aliphatic carbocycles. The molecule has 7 heteroatoms. The standard InChI is InChI=1S/C14H21N3O3S/c1-2-6-15-12-3-4-13(16-9-12)14(18)17-8-11-5-7-21(19,20)10-11/h3-4,9,11,15H,2,5-8,10H2,1H3,(H,17,18). The van der Waals surface area contributed by atoms with Crippen LogP contribution in [0.25, 0.3) is 0 Å². The third kappa shape index (κ3) is 4.70. The van der Waals surface area contributed by atoms with E-state index in [1.807, 2.05) is 6.07 Å². The number of hydrogen-bond donors (Lipinski definition) is 2. The van der Waals surface area contributed by atoms with Crippen molar-refractivity contribution in [1.82, 2.24) is 10.3 Å². The lowest BCUT2D eigenvalue weighted by Crippen LogP contribution is -2.30. The number of carbonyl (C=O) groups is 1. The van der Waals surface area contributed by atoms with E-state index in [4.69, 9.17) is 0 Å². The first-order chi connectivity index (χ1) is 10.00. The monoisotopic (exact) mass is 311 g/mol. The number of hydrogen-bond acceptors (Lipinski definition) is 5. The zero-order valence-electron chi connectivity index (χ0n) is 12.1. The summed E-state index contributed by atoms with van der Waals surface area (Å²) in [5.41, 5.74) is 1.23. The van der Waals surface area contributed by atoms with E-state index >= 15 is 0 Å². The zero-order chi connectivity index (χ0) is 15.3. The molecule has 1 unspecified atom stereocenters. The Labute approximate surface area is 125 Å². The first-order valence-electron chi connectivity index (χ1n) is 7.18. The van der Waals surface area contributed by atoms with Gasteiger partial charge in [0, 0.05) is 13.1 Å².